The standard InChI is InChI=1S/C24H23ClN4O3S/c25-18-10-26-22-17(21(18)20-11-27-23(33-20)24(30)13-32-14-24)9-19(28-22)16-3-1-15(2-4-16)12-29-5-7-31-8-6-29/h1-4,9-11,30H,5-8,12-14H2,(H,26,28). The van der Waals surface area contributed by atoms with E-state index in [1.807, 2.05) is 0 Å². The van der Waals surface area contributed by atoms with Crippen LogP contribution >= 0.6 is 22.9 Å². The van der Waals surface area contributed by atoms with Crippen LogP contribution in [0.2, 0.25) is 5.02 Å². The van der Waals surface area contributed by atoms with Gasteiger partial charge in [-0.3, -0.25) is 4.90 Å². The van der Waals surface area contributed by atoms with Crippen molar-refractivity contribution in [2.45, 2.75) is 12.1 Å². The Kier molecular flexibility index (Phi) is 5.44. The van der Waals surface area contributed by atoms with E-state index in [1.54, 1.807) is 12.4 Å². The van der Waals surface area contributed by atoms with Crippen molar-refractivity contribution in [3.63, 3.8) is 0 Å². The van der Waals surface area contributed by atoms with Crippen LogP contribution in [0.1, 0.15) is 10.6 Å². The number of halogens is 1. The first-order valence-corrected chi connectivity index (χ1v) is 12.1. The predicted molar refractivity (Wildman–Crippen MR) is 128 cm³/mol. The molecule has 7 nitrogen and oxygen atoms in total. The van der Waals surface area contributed by atoms with E-state index in [9.17, 15) is 5.11 Å². The molecule has 33 heavy (non-hydrogen) atoms. The minimum atomic E-state index is -0.992. The van der Waals surface area contributed by atoms with E-state index < -0.39 is 5.60 Å². The van der Waals surface area contributed by atoms with E-state index in [1.165, 1.54) is 16.9 Å². The first-order chi connectivity index (χ1) is 16.1. The van der Waals surface area contributed by atoms with Gasteiger partial charge in [-0.25, -0.2) is 9.97 Å². The second-order valence-corrected chi connectivity index (χ2v) is 10.0. The highest BCUT2D eigenvalue weighted by Gasteiger charge is 2.41. The zero-order chi connectivity index (χ0) is 22.4. The molecule has 0 unspecified atom stereocenters. The average Bonchev–Trinajstić information content (AvgIpc) is 3.46. The number of aromatic nitrogens is 3. The molecule has 5 heterocycles. The molecular formula is C24H23ClN4O3S. The van der Waals surface area contributed by atoms with Crippen molar-refractivity contribution in [3.05, 3.63) is 58.3 Å². The number of fused-ring (bicyclic) bond motifs is 1. The maximum absolute atomic E-state index is 10.6. The second-order valence-electron chi connectivity index (χ2n) is 8.57. The molecule has 0 spiro atoms. The van der Waals surface area contributed by atoms with Gasteiger partial charge in [-0.1, -0.05) is 35.9 Å². The lowest BCUT2D eigenvalue weighted by molar-refractivity contribution is -0.184. The molecule has 170 valence electrons. The summed E-state index contributed by atoms with van der Waals surface area (Å²) < 4.78 is 10.6. The lowest BCUT2D eigenvalue weighted by Crippen LogP contribution is -2.46. The van der Waals surface area contributed by atoms with Gasteiger partial charge in [-0.2, -0.15) is 0 Å². The number of morpholine rings is 1. The molecule has 1 aromatic carbocycles. The molecule has 0 amide bonds. The van der Waals surface area contributed by atoms with E-state index >= 15 is 0 Å². The van der Waals surface area contributed by atoms with Gasteiger partial charge in [-0.15, -0.1) is 11.3 Å². The van der Waals surface area contributed by atoms with Gasteiger partial charge in [0.05, 0.1) is 36.3 Å². The van der Waals surface area contributed by atoms with Crippen LogP contribution in [0.5, 0.6) is 0 Å². The zero-order valence-corrected chi connectivity index (χ0v) is 19.5. The third kappa shape index (κ3) is 3.97. The summed E-state index contributed by atoms with van der Waals surface area (Å²) in [5.41, 5.74) is 4.01. The van der Waals surface area contributed by atoms with Crippen molar-refractivity contribution in [1.29, 1.82) is 0 Å². The van der Waals surface area contributed by atoms with Gasteiger partial charge < -0.3 is 19.6 Å². The Labute approximate surface area is 200 Å². The Balaban J connectivity index is 1.30. The fourth-order valence-corrected chi connectivity index (χ4v) is 5.64. The molecule has 0 aliphatic carbocycles. The normalized spacial score (nSPS) is 18.5. The first-order valence-electron chi connectivity index (χ1n) is 10.9. The van der Waals surface area contributed by atoms with Crippen molar-refractivity contribution in [1.82, 2.24) is 19.9 Å². The smallest absolute Gasteiger partial charge is 0.162 e. The summed E-state index contributed by atoms with van der Waals surface area (Å²) in [5.74, 6) is 0. The number of rotatable bonds is 5. The number of benzene rings is 1. The quantitative estimate of drug-likeness (QED) is 0.446. The Morgan fingerprint density at radius 1 is 1.09 bits per heavy atom. The Morgan fingerprint density at radius 2 is 1.88 bits per heavy atom. The van der Waals surface area contributed by atoms with E-state index in [0.717, 1.165) is 65.6 Å². The lowest BCUT2D eigenvalue weighted by atomic mass is 10.0. The summed E-state index contributed by atoms with van der Waals surface area (Å²) in [4.78, 5) is 15.7. The number of H-pyrrole nitrogens is 1. The minimum absolute atomic E-state index is 0.273. The molecule has 0 atom stereocenters. The summed E-state index contributed by atoms with van der Waals surface area (Å²) in [7, 11) is 0. The summed E-state index contributed by atoms with van der Waals surface area (Å²) in [6.07, 6.45) is 3.43. The molecule has 2 fully saturated rings. The van der Waals surface area contributed by atoms with Crippen molar-refractivity contribution in [2.75, 3.05) is 39.5 Å². The monoisotopic (exact) mass is 482 g/mol. The number of hydrogen-bond donors (Lipinski definition) is 2. The number of hydrogen-bond acceptors (Lipinski definition) is 7. The zero-order valence-electron chi connectivity index (χ0n) is 17.9. The van der Waals surface area contributed by atoms with Crippen LogP contribution in [0.3, 0.4) is 0 Å². The number of ether oxygens (including phenoxy) is 2. The fraction of sp³-hybridized carbons (Fsp3) is 0.333. The molecule has 0 radical (unpaired) electrons. The van der Waals surface area contributed by atoms with Crippen LogP contribution < -0.4 is 0 Å². The number of pyridine rings is 1. The lowest BCUT2D eigenvalue weighted by Gasteiger charge is -2.34. The maximum Gasteiger partial charge on any atom is 0.162 e. The Bertz CT molecular complexity index is 1290. The molecule has 2 saturated heterocycles. The van der Waals surface area contributed by atoms with Crippen LogP contribution in [0.4, 0.5) is 0 Å². The highest BCUT2D eigenvalue weighted by molar-refractivity contribution is 7.15. The summed E-state index contributed by atoms with van der Waals surface area (Å²) >= 11 is 8.02. The average molecular weight is 483 g/mol. The molecule has 6 rings (SSSR count). The number of nitrogens with zero attached hydrogens (tertiary/aromatic N) is 3. The number of aromatic amines is 1. The van der Waals surface area contributed by atoms with Gasteiger partial charge in [0, 0.05) is 48.7 Å². The Morgan fingerprint density at radius 3 is 2.61 bits per heavy atom. The molecule has 4 aromatic rings. The van der Waals surface area contributed by atoms with Crippen molar-refractivity contribution in [3.8, 4) is 21.7 Å². The van der Waals surface area contributed by atoms with Crippen LogP contribution in [-0.2, 0) is 21.6 Å². The first kappa shape index (κ1) is 21.2. The van der Waals surface area contributed by atoms with Crippen molar-refractivity contribution in [2.24, 2.45) is 0 Å². The molecule has 2 N–H and O–H groups in total. The minimum Gasteiger partial charge on any atom is -0.379 e. The Hall–Kier alpha value is -2.33. The van der Waals surface area contributed by atoms with Crippen LogP contribution in [-0.4, -0.2) is 64.5 Å². The van der Waals surface area contributed by atoms with Crippen molar-refractivity contribution >= 4 is 34.0 Å². The molecule has 9 heteroatoms. The molecule has 2 aliphatic rings. The van der Waals surface area contributed by atoms with E-state index in [0.29, 0.717) is 10.0 Å². The highest BCUT2D eigenvalue weighted by atomic mass is 35.5. The number of thiazole rings is 1. The molecule has 2 aliphatic heterocycles. The van der Waals surface area contributed by atoms with Crippen LogP contribution in [0.25, 0.3) is 32.7 Å². The van der Waals surface area contributed by atoms with Gasteiger partial charge in [0.2, 0.25) is 0 Å². The summed E-state index contributed by atoms with van der Waals surface area (Å²) in [5, 5.41) is 12.7. The number of aliphatic hydroxyl groups is 1. The van der Waals surface area contributed by atoms with Gasteiger partial charge in [0.15, 0.2) is 5.60 Å². The van der Waals surface area contributed by atoms with Crippen molar-refractivity contribution < 1.29 is 14.6 Å². The molecule has 0 saturated carbocycles. The third-order valence-corrected chi connectivity index (χ3v) is 7.71. The summed E-state index contributed by atoms with van der Waals surface area (Å²) in [6.45, 7) is 5.04. The second kappa shape index (κ2) is 8.47. The molecular weight excluding hydrogens is 460 g/mol. The molecule has 0 bridgehead atoms. The van der Waals surface area contributed by atoms with E-state index in [-0.39, 0.29) is 13.2 Å². The van der Waals surface area contributed by atoms with Gasteiger partial charge in [0.1, 0.15) is 10.7 Å². The topological polar surface area (TPSA) is 83.5 Å². The van der Waals surface area contributed by atoms with E-state index in [4.69, 9.17) is 21.1 Å². The predicted octanol–water partition coefficient (Wildman–Crippen LogP) is 4.06. The van der Waals surface area contributed by atoms with E-state index in [2.05, 4.69) is 50.2 Å². The molecule has 3 aromatic heterocycles. The van der Waals surface area contributed by atoms with Gasteiger partial charge >= 0.3 is 0 Å². The van der Waals surface area contributed by atoms with Gasteiger partial charge in [0.25, 0.3) is 0 Å². The van der Waals surface area contributed by atoms with Gasteiger partial charge in [-0.05, 0) is 17.2 Å². The van der Waals surface area contributed by atoms with Crippen LogP contribution in [0.15, 0.2) is 42.7 Å². The SMILES string of the molecule is OC1(c2ncc(-c3c(Cl)cnc4[nH]c(-c5ccc(CN6CCOCC6)cc5)cc34)s2)COC1. The highest BCUT2D eigenvalue weighted by Crippen LogP contribution is 2.41. The fourth-order valence-electron chi connectivity index (χ4n) is 4.29. The third-order valence-electron chi connectivity index (χ3n) is 6.22. The van der Waals surface area contributed by atoms with Crippen LogP contribution in [0, 0.1) is 0 Å². The number of nitrogens with one attached hydrogen (secondary N) is 1. The largest absolute Gasteiger partial charge is 0.379 e. The summed E-state index contributed by atoms with van der Waals surface area (Å²) in [6, 6.07) is 10.7. The maximum atomic E-state index is 10.6.